The van der Waals surface area contributed by atoms with Gasteiger partial charge in [-0.05, 0) is 43.4 Å². The van der Waals surface area contributed by atoms with Crippen molar-refractivity contribution in [3.63, 3.8) is 0 Å². The van der Waals surface area contributed by atoms with Gasteiger partial charge in [-0.1, -0.05) is 18.9 Å². The number of aliphatic hydroxyl groups is 1. The van der Waals surface area contributed by atoms with Crippen molar-refractivity contribution in [2.45, 2.75) is 64.6 Å². The van der Waals surface area contributed by atoms with Gasteiger partial charge in [-0.25, -0.2) is 0 Å². The van der Waals surface area contributed by atoms with Crippen molar-refractivity contribution in [3.8, 4) is 23.3 Å². The summed E-state index contributed by atoms with van der Waals surface area (Å²) in [6.07, 6.45) is 3.19. The first kappa shape index (κ1) is 21.1. The van der Waals surface area contributed by atoms with E-state index < -0.39 is 12.2 Å². The second kappa shape index (κ2) is 10.2. The van der Waals surface area contributed by atoms with Crippen LogP contribution in [-0.4, -0.2) is 35.5 Å². The van der Waals surface area contributed by atoms with Crippen LogP contribution in [0.4, 0.5) is 0 Å². The number of hydrogen-bond donors (Lipinski definition) is 2. The number of aliphatic hydroxyl groups excluding tert-OH is 1. The highest BCUT2D eigenvalue weighted by Crippen LogP contribution is 2.30. The maximum absolute atomic E-state index is 11.6. The number of aromatic hydroxyl groups is 1. The number of carbonyl (C=O) groups is 1. The third-order valence-electron chi connectivity index (χ3n) is 5.10. The first-order chi connectivity index (χ1) is 12.9. The molecule has 0 aliphatic heterocycles. The molecule has 0 unspecified atom stereocenters. The van der Waals surface area contributed by atoms with E-state index in [0.717, 1.165) is 18.4 Å². The number of phenols is 1. The average Bonchev–Trinajstić information content (AvgIpc) is 2.63. The summed E-state index contributed by atoms with van der Waals surface area (Å²) < 4.78 is 10.8. The zero-order valence-corrected chi connectivity index (χ0v) is 16.4. The predicted molar refractivity (Wildman–Crippen MR) is 103 cm³/mol. The maximum atomic E-state index is 11.6. The summed E-state index contributed by atoms with van der Waals surface area (Å²) in [7, 11) is 1.51. The molecular formula is C22H30O5. The summed E-state index contributed by atoms with van der Waals surface area (Å²) >= 11 is 0. The van der Waals surface area contributed by atoms with Crippen molar-refractivity contribution >= 4 is 5.97 Å². The highest BCUT2D eigenvalue weighted by Gasteiger charge is 2.28. The number of rotatable bonds is 5. The van der Waals surface area contributed by atoms with E-state index in [-0.39, 0.29) is 17.6 Å². The van der Waals surface area contributed by atoms with Crippen molar-refractivity contribution < 1.29 is 24.5 Å². The molecule has 4 atom stereocenters. The van der Waals surface area contributed by atoms with Crippen LogP contribution in [0, 0.1) is 23.7 Å². The van der Waals surface area contributed by atoms with E-state index >= 15 is 0 Å². The molecule has 0 saturated carbocycles. The van der Waals surface area contributed by atoms with E-state index in [1.165, 1.54) is 14.0 Å². The van der Waals surface area contributed by atoms with E-state index in [9.17, 15) is 15.0 Å². The molecule has 0 fully saturated rings. The second-order valence-corrected chi connectivity index (χ2v) is 7.22. The van der Waals surface area contributed by atoms with Gasteiger partial charge in [-0.2, -0.15) is 0 Å². The van der Waals surface area contributed by atoms with Gasteiger partial charge < -0.3 is 19.7 Å². The molecule has 0 amide bonds. The molecule has 2 rings (SSSR count). The highest BCUT2D eigenvalue weighted by molar-refractivity contribution is 5.66. The van der Waals surface area contributed by atoms with Crippen LogP contribution < -0.4 is 4.74 Å². The molecule has 1 aromatic rings. The van der Waals surface area contributed by atoms with Crippen LogP contribution in [0.15, 0.2) is 18.2 Å². The van der Waals surface area contributed by atoms with E-state index in [4.69, 9.17) is 9.47 Å². The minimum absolute atomic E-state index is 0.0408. The van der Waals surface area contributed by atoms with Crippen molar-refractivity contribution in [1.82, 2.24) is 0 Å². The van der Waals surface area contributed by atoms with Crippen molar-refractivity contribution in [1.29, 1.82) is 0 Å². The number of carbonyl (C=O) groups excluding carboxylic acids is 1. The van der Waals surface area contributed by atoms with Crippen LogP contribution in [-0.2, 0) is 16.0 Å². The molecule has 5 heteroatoms. The molecule has 0 saturated heterocycles. The van der Waals surface area contributed by atoms with Gasteiger partial charge in [0.05, 0.1) is 13.2 Å². The summed E-state index contributed by atoms with van der Waals surface area (Å²) in [6.45, 7) is 3.50. The molecule has 0 heterocycles. The van der Waals surface area contributed by atoms with E-state index in [2.05, 4.69) is 18.8 Å². The second-order valence-electron chi connectivity index (χ2n) is 7.22. The SMILES string of the molecule is CC[C@@H]1C#CC[C@@H](Cc2ccc(O)c(OC)c2)[C@@H](OC(C)=O)C[C@@H](O)CC1. The normalized spacial score (nSPS) is 25.8. The summed E-state index contributed by atoms with van der Waals surface area (Å²) in [5.74, 6) is 6.99. The number of hydrogen-bond acceptors (Lipinski definition) is 5. The quantitative estimate of drug-likeness (QED) is 0.610. The molecule has 1 aromatic carbocycles. The molecule has 0 radical (unpaired) electrons. The van der Waals surface area contributed by atoms with Gasteiger partial charge in [0.25, 0.3) is 0 Å². The molecule has 1 aliphatic rings. The van der Waals surface area contributed by atoms with Crippen LogP contribution in [0.25, 0.3) is 0 Å². The highest BCUT2D eigenvalue weighted by atomic mass is 16.5. The molecule has 5 nitrogen and oxygen atoms in total. The third-order valence-corrected chi connectivity index (χ3v) is 5.10. The number of ether oxygens (including phenoxy) is 2. The maximum Gasteiger partial charge on any atom is 0.302 e. The van der Waals surface area contributed by atoms with Crippen LogP contribution in [0.3, 0.4) is 0 Å². The predicted octanol–water partition coefficient (Wildman–Crippen LogP) is 3.46. The fraction of sp³-hybridized carbons (Fsp3) is 0.591. The summed E-state index contributed by atoms with van der Waals surface area (Å²) in [5.41, 5.74) is 0.965. The lowest BCUT2D eigenvalue weighted by Crippen LogP contribution is -2.32. The monoisotopic (exact) mass is 374 g/mol. The Bertz CT molecular complexity index is 688. The topological polar surface area (TPSA) is 76.0 Å². The van der Waals surface area contributed by atoms with Gasteiger partial charge in [0.1, 0.15) is 6.10 Å². The zero-order valence-electron chi connectivity index (χ0n) is 16.4. The van der Waals surface area contributed by atoms with Crippen molar-refractivity contribution in [2.75, 3.05) is 7.11 Å². The van der Waals surface area contributed by atoms with Crippen molar-refractivity contribution in [3.05, 3.63) is 23.8 Å². The Morgan fingerprint density at radius 1 is 1.33 bits per heavy atom. The molecule has 0 aromatic heterocycles. The van der Waals surface area contributed by atoms with Crippen molar-refractivity contribution in [2.24, 2.45) is 11.8 Å². The van der Waals surface area contributed by atoms with Gasteiger partial charge in [0, 0.05) is 31.6 Å². The Kier molecular flexibility index (Phi) is 7.99. The fourth-order valence-electron chi connectivity index (χ4n) is 3.53. The molecule has 0 bridgehead atoms. The zero-order chi connectivity index (χ0) is 19.8. The number of benzene rings is 1. The van der Waals surface area contributed by atoms with Gasteiger partial charge in [0.2, 0.25) is 0 Å². The fourth-order valence-corrected chi connectivity index (χ4v) is 3.53. The standard InChI is InChI=1S/C22H30O5/c1-4-16-6-5-7-18(12-17-9-11-20(25)22(13-17)26-3)21(27-15(2)23)14-19(24)10-8-16/h9,11,13,16,18-19,21,24-25H,4,7-8,10,12,14H2,1-3H3/t16-,18+,19+,21+/m1/s1. The van der Waals surface area contributed by atoms with Crippen LogP contribution in [0.5, 0.6) is 11.5 Å². The van der Waals surface area contributed by atoms with Gasteiger partial charge in [0.15, 0.2) is 11.5 Å². The Balaban J connectivity index is 2.28. The van der Waals surface area contributed by atoms with E-state index in [1.54, 1.807) is 12.1 Å². The molecule has 0 spiro atoms. The molecule has 27 heavy (non-hydrogen) atoms. The Hall–Kier alpha value is -2.19. The summed E-state index contributed by atoms with van der Waals surface area (Å²) in [5, 5.41) is 20.2. The lowest BCUT2D eigenvalue weighted by atomic mass is 9.85. The van der Waals surface area contributed by atoms with Crippen LogP contribution >= 0.6 is 0 Å². The molecular weight excluding hydrogens is 344 g/mol. The molecule has 2 N–H and O–H groups in total. The van der Waals surface area contributed by atoms with E-state index in [0.29, 0.717) is 37.4 Å². The Labute approximate surface area is 161 Å². The minimum atomic E-state index is -0.514. The van der Waals surface area contributed by atoms with Gasteiger partial charge >= 0.3 is 5.97 Å². The number of esters is 1. The first-order valence-corrected chi connectivity index (χ1v) is 9.62. The molecule has 1 aliphatic carbocycles. The Morgan fingerprint density at radius 2 is 2.11 bits per heavy atom. The first-order valence-electron chi connectivity index (χ1n) is 9.62. The smallest absolute Gasteiger partial charge is 0.302 e. The number of phenolic OH excluding ortho intramolecular Hbond substituents is 1. The lowest BCUT2D eigenvalue weighted by Gasteiger charge is -2.28. The third kappa shape index (κ3) is 6.48. The van der Waals surface area contributed by atoms with Gasteiger partial charge in [-0.3, -0.25) is 4.79 Å². The summed E-state index contributed by atoms with van der Waals surface area (Å²) in [6, 6.07) is 5.22. The Morgan fingerprint density at radius 3 is 2.78 bits per heavy atom. The average molecular weight is 374 g/mol. The summed E-state index contributed by atoms with van der Waals surface area (Å²) in [4.78, 5) is 11.6. The minimum Gasteiger partial charge on any atom is -0.504 e. The van der Waals surface area contributed by atoms with E-state index in [1.807, 2.05) is 6.07 Å². The number of methoxy groups -OCH3 is 1. The van der Waals surface area contributed by atoms with Crippen LogP contribution in [0.1, 0.15) is 51.5 Å². The largest absolute Gasteiger partial charge is 0.504 e. The lowest BCUT2D eigenvalue weighted by molar-refractivity contribution is -0.150. The molecule has 148 valence electrons. The van der Waals surface area contributed by atoms with Gasteiger partial charge in [-0.15, -0.1) is 5.92 Å². The van der Waals surface area contributed by atoms with Crippen LogP contribution in [0.2, 0.25) is 0 Å².